The van der Waals surface area contributed by atoms with E-state index in [9.17, 15) is 4.79 Å². The molecule has 0 bridgehead atoms. The lowest BCUT2D eigenvalue weighted by Gasteiger charge is -2.25. The average molecular weight is 249 g/mol. The third-order valence-corrected chi connectivity index (χ3v) is 3.54. The summed E-state index contributed by atoms with van der Waals surface area (Å²) in [6.07, 6.45) is 0.584. The van der Waals surface area contributed by atoms with E-state index in [0.717, 1.165) is 22.4 Å². The summed E-state index contributed by atoms with van der Waals surface area (Å²) < 4.78 is 10.2. The van der Waals surface area contributed by atoms with Gasteiger partial charge in [0.15, 0.2) is 0 Å². The van der Waals surface area contributed by atoms with E-state index in [1.807, 2.05) is 0 Å². The number of carbonyl (C=O) groups is 1. The van der Waals surface area contributed by atoms with Crippen LogP contribution in [0.3, 0.4) is 0 Å². The van der Waals surface area contributed by atoms with Crippen LogP contribution in [0.4, 0.5) is 5.82 Å². The first-order valence-corrected chi connectivity index (χ1v) is 5.88. The average Bonchev–Trinajstić information content (AvgIpc) is 2.88. The molecule has 1 aromatic rings. The molecular weight excluding hydrogens is 234 g/mol. The summed E-state index contributed by atoms with van der Waals surface area (Å²) in [7, 11) is 1.40. The van der Waals surface area contributed by atoms with Crippen molar-refractivity contribution in [1.29, 1.82) is 0 Å². The van der Waals surface area contributed by atoms with Crippen LogP contribution in [0.25, 0.3) is 0 Å². The van der Waals surface area contributed by atoms with Gasteiger partial charge in [-0.1, -0.05) is 0 Å². The molecule has 0 unspecified atom stereocenters. The number of carbonyl (C=O) groups excluding carboxylic acids is 1. The number of rotatable bonds is 1. The molecule has 3 N–H and O–H groups in total. The van der Waals surface area contributed by atoms with E-state index in [1.54, 1.807) is 0 Å². The Morgan fingerprint density at radius 2 is 2.22 bits per heavy atom. The molecule has 18 heavy (non-hydrogen) atoms. The van der Waals surface area contributed by atoms with E-state index >= 15 is 0 Å². The second-order valence-corrected chi connectivity index (χ2v) is 4.53. The van der Waals surface area contributed by atoms with E-state index in [1.165, 1.54) is 7.11 Å². The largest absolute Gasteiger partial charge is 0.468 e. The number of aromatic nitrogens is 1. The monoisotopic (exact) mass is 249 g/mol. The second kappa shape index (κ2) is 4.22. The molecule has 2 aliphatic rings. The van der Waals surface area contributed by atoms with Crippen molar-refractivity contribution in [3.05, 3.63) is 22.4 Å². The number of pyridine rings is 1. The van der Waals surface area contributed by atoms with Crippen LogP contribution in [0.15, 0.2) is 0 Å². The minimum Gasteiger partial charge on any atom is -0.468 e. The zero-order valence-corrected chi connectivity index (χ0v) is 10.2. The Kier molecular flexibility index (Phi) is 2.68. The molecular formula is C12H15N3O3. The third-order valence-electron chi connectivity index (χ3n) is 3.54. The third kappa shape index (κ3) is 1.65. The van der Waals surface area contributed by atoms with Gasteiger partial charge in [0.05, 0.1) is 26.0 Å². The number of anilines is 1. The molecule has 0 spiro atoms. The van der Waals surface area contributed by atoms with Gasteiger partial charge in [0.1, 0.15) is 11.9 Å². The fraction of sp³-hybridized carbons (Fsp3) is 0.500. The topological polar surface area (TPSA) is 86.5 Å². The molecule has 6 heteroatoms. The van der Waals surface area contributed by atoms with Crippen molar-refractivity contribution in [2.75, 3.05) is 12.8 Å². The molecule has 6 nitrogen and oxygen atoms in total. The quantitative estimate of drug-likeness (QED) is 0.675. The molecule has 0 saturated heterocycles. The van der Waals surface area contributed by atoms with Gasteiger partial charge in [-0.05, 0) is 11.1 Å². The van der Waals surface area contributed by atoms with Gasteiger partial charge in [0.25, 0.3) is 0 Å². The number of ether oxygens (including phenoxy) is 2. The van der Waals surface area contributed by atoms with Crippen molar-refractivity contribution in [3.8, 4) is 0 Å². The summed E-state index contributed by atoms with van der Waals surface area (Å²) in [5.74, 6) is 0.296. The molecule has 0 radical (unpaired) electrons. The fourth-order valence-corrected chi connectivity index (χ4v) is 2.57. The molecule has 1 atom stereocenters. The lowest BCUT2D eigenvalue weighted by Crippen LogP contribution is -2.43. The van der Waals surface area contributed by atoms with Gasteiger partial charge in [-0.15, -0.1) is 0 Å². The minimum absolute atomic E-state index is 0.245. The number of methoxy groups -OCH3 is 1. The minimum atomic E-state index is -0.308. The van der Waals surface area contributed by atoms with Crippen LogP contribution < -0.4 is 11.1 Å². The van der Waals surface area contributed by atoms with Gasteiger partial charge in [-0.3, -0.25) is 10.1 Å². The van der Waals surface area contributed by atoms with Crippen LogP contribution in [0, 0.1) is 0 Å². The van der Waals surface area contributed by atoms with E-state index in [2.05, 4.69) is 10.3 Å². The number of nitrogens with two attached hydrogens (primary N) is 1. The molecule has 0 aromatic carbocycles. The van der Waals surface area contributed by atoms with E-state index in [-0.39, 0.29) is 12.0 Å². The van der Waals surface area contributed by atoms with Crippen LogP contribution in [-0.4, -0.2) is 24.1 Å². The SMILES string of the molecule is COC(=O)[C@@H]1Cc2c(nc(N)c3c2COC3)CN1. The predicted octanol–water partition coefficient (Wildman–Crippen LogP) is -0.119. The van der Waals surface area contributed by atoms with E-state index in [4.69, 9.17) is 15.2 Å². The summed E-state index contributed by atoms with van der Waals surface area (Å²) in [6, 6.07) is -0.308. The smallest absolute Gasteiger partial charge is 0.323 e. The summed E-state index contributed by atoms with van der Waals surface area (Å²) >= 11 is 0. The Morgan fingerprint density at radius 3 is 3.00 bits per heavy atom. The Hall–Kier alpha value is -1.66. The van der Waals surface area contributed by atoms with Crippen LogP contribution in [-0.2, 0) is 40.4 Å². The number of nitrogens with zero attached hydrogens (tertiary/aromatic N) is 1. The first kappa shape index (κ1) is 11.4. The Labute approximate surface area is 104 Å². The number of fused-ring (bicyclic) bond motifs is 3. The molecule has 0 saturated carbocycles. The van der Waals surface area contributed by atoms with Crippen LogP contribution in [0.5, 0.6) is 0 Å². The van der Waals surface area contributed by atoms with Crippen molar-refractivity contribution in [2.24, 2.45) is 0 Å². The number of hydrogen-bond donors (Lipinski definition) is 2. The maximum Gasteiger partial charge on any atom is 0.323 e. The molecule has 0 amide bonds. The van der Waals surface area contributed by atoms with Gasteiger partial charge in [-0.25, -0.2) is 4.98 Å². The zero-order chi connectivity index (χ0) is 12.7. The normalized spacial score (nSPS) is 21.3. The highest BCUT2D eigenvalue weighted by Gasteiger charge is 2.31. The van der Waals surface area contributed by atoms with E-state index in [0.29, 0.717) is 32.0 Å². The lowest BCUT2D eigenvalue weighted by atomic mass is 9.93. The van der Waals surface area contributed by atoms with Gasteiger partial charge in [-0.2, -0.15) is 0 Å². The van der Waals surface area contributed by atoms with Crippen molar-refractivity contribution in [3.63, 3.8) is 0 Å². The number of esters is 1. The van der Waals surface area contributed by atoms with Gasteiger partial charge in [0.2, 0.25) is 0 Å². The highest BCUT2D eigenvalue weighted by atomic mass is 16.5. The Morgan fingerprint density at radius 1 is 1.44 bits per heavy atom. The lowest BCUT2D eigenvalue weighted by molar-refractivity contribution is -0.143. The van der Waals surface area contributed by atoms with Gasteiger partial charge >= 0.3 is 5.97 Å². The van der Waals surface area contributed by atoms with Crippen molar-refractivity contribution in [1.82, 2.24) is 10.3 Å². The molecule has 1 aromatic heterocycles. The standard InChI is InChI=1S/C12H15N3O3/c1-17-12(16)9-2-6-7-4-18-5-8(7)11(13)15-10(6)3-14-9/h9,14H,2-5H2,1H3,(H2,13,15)/t9-/m0/s1. The maximum atomic E-state index is 11.6. The Balaban J connectivity index is 2.00. The van der Waals surface area contributed by atoms with Gasteiger partial charge in [0, 0.05) is 18.5 Å². The van der Waals surface area contributed by atoms with Crippen molar-refractivity contribution >= 4 is 11.8 Å². The number of nitrogens with one attached hydrogen (secondary N) is 1. The first-order valence-electron chi connectivity index (χ1n) is 5.88. The van der Waals surface area contributed by atoms with E-state index < -0.39 is 0 Å². The maximum absolute atomic E-state index is 11.6. The molecule has 0 fully saturated rings. The summed E-state index contributed by atoms with van der Waals surface area (Å²) in [5.41, 5.74) is 9.98. The molecule has 3 heterocycles. The van der Waals surface area contributed by atoms with Crippen LogP contribution in [0.1, 0.15) is 22.4 Å². The summed E-state index contributed by atoms with van der Waals surface area (Å²) in [6.45, 7) is 1.60. The molecule has 0 aliphatic carbocycles. The van der Waals surface area contributed by atoms with Crippen LogP contribution >= 0.6 is 0 Å². The second-order valence-electron chi connectivity index (χ2n) is 4.53. The Bertz CT molecular complexity index is 516. The van der Waals surface area contributed by atoms with Gasteiger partial charge < -0.3 is 15.2 Å². The van der Waals surface area contributed by atoms with Crippen molar-refractivity contribution < 1.29 is 14.3 Å². The summed E-state index contributed by atoms with van der Waals surface area (Å²) in [4.78, 5) is 16.0. The van der Waals surface area contributed by atoms with Crippen molar-refractivity contribution in [2.45, 2.75) is 32.2 Å². The zero-order valence-electron chi connectivity index (χ0n) is 10.2. The summed E-state index contributed by atoms with van der Waals surface area (Å²) in [5, 5.41) is 3.11. The molecule has 3 rings (SSSR count). The number of hydrogen-bond acceptors (Lipinski definition) is 6. The molecule has 96 valence electrons. The molecule has 2 aliphatic heterocycles. The highest BCUT2D eigenvalue weighted by molar-refractivity contribution is 5.76. The van der Waals surface area contributed by atoms with Crippen LogP contribution in [0.2, 0.25) is 0 Å². The fourth-order valence-electron chi connectivity index (χ4n) is 2.57. The first-order chi connectivity index (χ1) is 8.70. The number of nitrogen functional groups attached to an aromatic ring is 1. The predicted molar refractivity (Wildman–Crippen MR) is 63.5 cm³/mol. The highest BCUT2D eigenvalue weighted by Crippen LogP contribution is 2.31.